The van der Waals surface area contributed by atoms with Crippen LogP contribution in [0.4, 0.5) is 9.52 Å². The largest absolute Gasteiger partial charge is 0.297 e. The fraction of sp³-hybridized carbons (Fsp3) is 0.143. The van der Waals surface area contributed by atoms with Crippen LogP contribution in [0.25, 0.3) is 10.7 Å². The second kappa shape index (κ2) is 8.18. The lowest BCUT2D eigenvalue weighted by atomic mass is 10.1. The van der Waals surface area contributed by atoms with Crippen LogP contribution in [0.2, 0.25) is 0 Å². The van der Waals surface area contributed by atoms with Gasteiger partial charge in [-0.25, -0.2) is 14.4 Å². The van der Waals surface area contributed by atoms with Crippen LogP contribution in [0.15, 0.2) is 48.7 Å². The first kappa shape index (κ1) is 19.4. The molecule has 0 aliphatic rings. The van der Waals surface area contributed by atoms with Gasteiger partial charge in [-0.3, -0.25) is 15.1 Å². The standard InChI is InChI=1S/C21H17FN4OS2/c1-12-17(11-14-7-3-4-8-15(14)22)28-21(25-12)26-19(27)18-13(2)24-20(29-18)16-9-5-6-10-23-16/h3-10H,11H2,1-2H3,(H,25,26,27). The zero-order valence-corrected chi connectivity index (χ0v) is 17.4. The Hall–Kier alpha value is -2.97. The summed E-state index contributed by atoms with van der Waals surface area (Å²) in [6.07, 6.45) is 2.14. The van der Waals surface area contributed by atoms with E-state index in [-0.39, 0.29) is 11.7 Å². The molecule has 0 aliphatic heterocycles. The molecular weight excluding hydrogens is 407 g/mol. The molecule has 3 heterocycles. The Morgan fingerprint density at radius 2 is 1.83 bits per heavy atom. The fourth-order valence-electron chi connectivity index (χ4n) is 2.82. The van der Waals surface area contributed by atoms with Gasteiger partial charge in [0.05, 0.1) is 17.1 Å². The minimum absolute atomic E-state index is 0.242. The number of anilines is 1. The van der Waals surface area contributed by atoms with Crippen molar-refractivity contribution in [2.75, 3.05) is 5.32 Å². The molecule has 4 rings (SSSR count). The second-order valence-corrected chi connectivity index (χ2v) is 8.48. The van der Waals surface area contributed by atoms with Gasteiger partial charge in [0.25, 0.3) is 5.91 Å². The molecule has 29 heavy (non-hydrogen) atoms. The number of aryl methyl sites for hydroxylation is 2. The Morgan fingerprint density at radius 3 is 2.59 bits per heavy atom. The summed E-state index contributed by atoms with van der Waals surface area (Å²) in [6, 6.07) is 12.3. The van der Waals surface area contributed by atoms with Gasteiger partial charge in [0, 0.05) is 17.5 Å². The highest BCUT2D eigenvalue weighted by molar-refractivity contribution is 7.18. The Bertz CT molecular complexity index is 1170. The lowest BCUT2D eigenvalue weighted by Gasteiger charge is -2.01. The zero-order chi connectivity index (χ0) is 20.4. The third-order valence-electron chi connectivity index (χ3n) is 4.31. The fourth-order valence-corrected chi connectivity index (χ4v) is 4.74. The summed E-state index contributed by atoms with van der Waals surface area (Å²) in [5.74, 6) is -0.499. The van der Waals surface area contributed by atoms with Crippen LogP contribution in [-0.4, -0.2) is 20.9 Å². The third-order valence-corrected chi connectivity index (χ3v) is 6.56. The van der Waals surface area contributed by atoms with Gasteiger partial charge in [0.2, 0.25) is 0 Å². The predicted octanol–water partition coefficient (Wildman–Crippen LogP) is 5.26. The molecule has 0 radical (unpaired) electrons. The lowest BCUT2D eigenvalue weighted by Crippen LogP contribution is -2.11. The van der Waals surface area contributed by atoms with Crippen LogP contribution in [0, 0.1) is 19.7 Å². The normalized spacial score (nSPS) is 10.9. The van der Waals surface area contributed by atoms with Crippen molar-refractivity contribution in [2.45, 2.75) is 20.3 Å². The van der Waals surface area contributed by atoms with Crippen molar-refractivity contribution in [3.8, 4) is 10.7 Å². The maximum atomic E-state index is 13.9. The number of nitrogens with zero attached hydrogens (tertiary/aromatic N) is 3. The molecule has 3 aromatic heterocycles. The monoisotopic (exact) mass is 424 g/mol. The number of carbonyl (C=O) groups is 1. The van der Waals surface area contributed by atoms with E-state index in [0.29, 0.717) is 32.7 Å². The van der Waals surface area contributed by atoms with E-state index in [9.17, 15) is 9.18 Å². The van der Waals surface area contributed by atoms with Crippen LogP contribution in [0.3, 0.4) is 0 Å². The Morgan fingerprint density at radius 1 is 1.03 bits per heavy atom. The van der Waals surface area contributed by atoms with Crippen LogP contribution in [-0.2, 0) is 6.42 Å². The Labute approximate surface area is 175 Å². The van der Waals surface area contributed by atoms with E-state index >= 15 is 0 Å². The molecule has 0 atom stereocenters. The van der Waals surface area contributed by atoms with Crippen molar-refractivity contribution >= 4 is 33.7 Å². The Kier molecular flexibility index (Phi) is 5.46. The first-order valence-corrected chi connectivity index (χ1v) is 10.5. The number of rotatable bonds is 5. The molecule has 0 unspecified atom stereocenters. The number of hydrogen-bond acceptors (Lipinski definition) is 6. The van der Waals surface area contributed by atoms with E-state index in [1.54, 1.807) is 25.3 Å². The van der Waals surface area contributed by atoms with Crippen molar-refractivity contribution in [1.82, 2.24) is 15.0 Å². The van der Waals surface area contributed by atoms with Crippen molar-refractivity contribution in [3.63, 3.8) is 0 Å². The molecule has 0 saturated carbocycles. The van der Waals surface area contributed by atoms with Crippen LogP contribution < -0.4 is 5.32 Å². The smallest absolute Gasteiger partial charge is 0.269 e. The van der Waals surface area contributed by atoms with Gasteiger partial charge in [-0.15, -0.1) is 22.7 Å². The zero-order valence-electron chi connectivity index (χ0n) is 15.8. The van der Waals surface area contributed by atoms with E-state index in [0.717, 1.165) is 16.3 Å². The predicted molar refractivity (Wildman–Crippen MR) is 114 cm³/mol. The van der Waals surface area contributed by atoms with E-state index in [2.05, 4.69) is 20.3 Å². The first-order valence-electron chi connectivity index (χ1n) is 8.91. The summed E-state index contributed by atoms with van der Waals surface area (Å²) >= 11 is 2.65. The summed E-state index contributed by atoms with van der Waals surface area (Å²) in [5, 5.41) is 4.04. The minimum atomic E-state index is -0.256. The number of thiazole rings is 2. The maximum Gasteiger partial charge on any atom is 0.269 e. The van der Waals surface area contributed by atoms with Crippen molar-refractivity contribution in [2.24, 2.45) is 0 Å². The molecular formula is C21H17FN4OS2. The highest BCUT2D eigenvalue weighted by Gasteiger charge is 2.19. The van der Waals surface area contributed by atoms with Crippen LogP contribution >= 0.6 is 22.7 Å². The summed E-state index contributed by atoms with van der Waals surface area (Å²) in [5.41, 5.74) is 2.77. The number of halogens is 1. The number of carbonyl (C=O) groups excluding carboxylic acids is 1. The number of benzene rings is 1. The minimum Gasteiger partial charge on any atom is -0.297 e. The molecule has 0 fully saturated rings. The molecule has 1 aromatic carbocycles. The molecule has 1 N–H and O–H groups in total. The Balaban J connectivity index is 1.52. The van der Waals surface area contributed by atoms with E-state index < -0.39 is 0 Å². The first-order chi connectivity index (χ1) is 14.0. The maximum absolute atomic E-state index is 13.9. The third kappa shape index (κ3) is 4.23. The molecule has 0 bridgehead atoms. The van der Waals surface area contributed by atoms with Gasteiger partial charge in [0.1, 0.15) is 15.7 Å². The van der Waals surface area contributed by atoms with Crippen molar-refractivity contribution in [3.05, 3.63) is 81.2 Å². The van der Waals surface area contributed by atoms with Gasteiger partial charge in [-0.2, -0.15) is 0 Å². The SMILES string of the molecule is Cc1nc(NC(=O)c2sc(-c3ccccn3)nc2C)sc1Cc1ccccc1F. The molecule has 0 aliphatic carbocycles. The van der Waals surface area contributed by atoms with Crippen molar-refractivity contribution < 1.29 is 9.18 Å². The summed E-state index contributed by atoms with van der Waals surface area (Å²) in [7, 11) is 0. The van der Waals surface area contributed by atoms with Gasteiger partial charge in [0.15, 0.2) is 5.13 Å². The van der Waals surface area contributed by atoms with Gasteiger partial charge < -0.3 is 0 Å². The van der Waals surface area contributed by atoms with Gasteiger partial charge >= 0.3 is 0 Å². The van der Waals surface area contributed by atoms with Crippen molar-refractivity contribution in [1.29, 1.82) is 0 Å². The molecule has 8 heteroatoms. The topological polar surface area (TPSA) is 67.8 Å². The molecule has 146 valence electrons. The summed E-state index contributed by atoms with van der Waals surface area (Å²) < 4.78 is 13.9. The van der Waals surface area contributed by atoms with E-state index in [1.165, 1.54) is 28.7 Å². The highest BCUT2D eigenvalue weighted by Crippen LogP contribution is 2.29. The molecule has 4 aromatic rings. The number of pyridine rings is 1. The molecule has 0 spiro atoms. The average Bonchev–Trinajstić information content (AvgIpc) is 3.27. The van der Waals surface area contributed by atoms with E-state index in [4.69, 9.17) is 0 Å². The van der Waals surface area contributed by atoms with E-state index in [1.807, 2.05) is 31.2 Å². The lowest BCUT2D eigenvalue weighted by molar-refractivity contribution is 0.103. The number of hydrogen-bond donors (Lipinski definition) is 1. The summed E-state index contributed by atoms with van der Waals surface area (Å²) in [4.78, 5) is 27.4. The number of amides is 1. The quantitative estimate of drug-likeness (QED) is 0.474. The number of nitrogens with one attached hydrogen (secondary N) is 1. The van der Waals surface area contributed by atoms with Gasteiger partial charge in [-0.1, -0.05) is 24.3 Å². The molecule has 5 nitrogen and oxygen atoms in total. The average molecular weight is 425 g/mol. The molecule has 1 amide bonds. The van der Waals surface area contributed by atoms with Crippen LogP contribution in [0.1, 0.15) is 31.5 Å². The number of aromatic nitrogens is 3. The second-order valence-electron chi connectivity index (χ2n) is 6.40. The van der Waals surface area contributed by atoms with Gasteiger partial charge in [-0.05, 0) is 37.6 Å². The summed E-state index contributed by atoms with van der Waals surface area (Å²) in [6.45, 7) is 3.66. The highest BCUT2D eigenvalue weighted by atomic mass is 32.1. The molecule has 0 saturated heterocycles. The van der Waals surface area contributed by atoms with Crippen LogP contribution in [0.5, 0.6) is 0 Å².